The second kappa shape index (κ2) is 10.8. The number of benzene rings is 2. The van der Waals surface area contributed by atoms with E-state index in [1.165, 1.54) is 11.8 Å². The zero-order valence-electron chi connectivity index (χ0n) is 20.5. The Morgan fingerprint density at radius 3 is 2.38 bits per heavy atom. The number of fused-ring (bicyclic) bond motifs is 1. The third-order valence-corrected chi connectivity index (χ3v) is 9.54. The first-order valence-corrected chi connectivity index (χ1v) is 15.0. The van der Waals surface area contributed by atoms with Crippen molar-refractivity contribution in [3.63, 3.8) is 0 Å². The number of nitrogens with zero attached hydrogens (tertiary/aromatic N) is 2. The van der Waals surface area contributed by atoms with Crippen LogP contribution in [0.2, 0.25) is 10.0 Å². The normalized spacial score (nSPS) is 22.5. The quantitative estimate of drug-likeness (QED) is 0.542. The molecule has 0 aliphatic carbocycles. The van der Waals surface area contributed by atoms with E-state index in [0.29, 0.717) is 15.7 Å². The number of ether oxygens (including phenoxy) is 1. The highest BCUT2D eigenvalue weighted by Gasteiger charge is 2.50. The summed E-state index contributed by atoms with van der Waals surface area (Å²) in [4.78, 5) is 32.1. The minimum atomic E-state index is -3.28. The number of rotatable bonds is 5. The van der Waals surface area contributed by atoms with Crippen LogP contribution in [0.25, 0.3) is 0 Å². The van der Waals surface area contributed by atoms with Gasteiger partial charge in [0, 0.05) is 11.7 Å². The number of amidine groups is 1. The number of carbonyl (C=O) groups is 2. The fraction of sp³-hybridized carbons (Fsp3) is 0.400. The minimum Gasteiger partial charge on any atom is -0.444 e. The van der Waals surface area contributed by atoms with Crippen molar-refractivity contribution >= 4 is 67.7 Å². The van der Waals surface area contributed by atoms with Gasteiger partial charge in [0.2, 0.25) is 0 Å². The highest BCUT2D eigenvalue weighted by Crippen LogP contribution is 2.45. The van der Waals surface area contributed by atoms with E-state index in [4.69, 9.17) is 27.9 Å². The van der Waals surface area contributed by atoms with Gasteiger partial charge in [-0.15, -0.1) is 0 Å². The first-order valence-electron chi connectivity index (χ1n) is 11.6. The number of amides is 2. The molecule has 0 bridgehead atoms. The molecule has 0 radical (unpaired) electrons. The molecule has 0 aromatic heterocycles. The number of hydrogen-bond acceptors (Lipinski definition) is 6. The number of para-hydroxylation sites is 1. The van der Waals surface area contributed by atoms with E-state index in [0.717, 1.165) is 5.56 Å². The molecule has 2 saturated heterocycles. The molecule has 1 N–H and O–H groups in total. The van der Waals surface area contributed by atoms with E-state index in [2.05, 4.69) is 10.3 Å². The van der Waals surface area contributed by atoms with Crippen LogP contribution in [0, 0.1) is 0 Å². The van der Waals surface area contributed by atoms with Crippen molar-refractivity contribution in [2.24, 2.45) is 4.99 Å². The van der Waals surface area contributed by atoms with Gasteiger partial charge in [0.1, 0.15) is 11.6 Å². The first-order chi connectivity index (χ1) is 17.3. The van der Waals surface area contributed by atoms with E-state index >= 15 is 0 Å². The molecule has 2 aromatic rings. The van der Waals surface area contributed by atoms with Gasteiger partial charge in [-0.1, -0.05) is 71.4 Å². The molecule has 2 aromatic carbocycles. The Hall–Kier alpha value is -2.27. The molecule has 2 amide bonds. The summed E-state index contributed by atoms with van der Waals surface area (Å²) >= 11 is 14.1. The third kappa shape index (κ3) is 6.79. The fourth-order valence-electron chi connectivity index (χ4n) is 4.22. The molecule has 2 heterocycles. The number of hydrogen-bond donors (Lipinski definition) is 1. The van der Waals surface area contributed by atoms with Crippen LogP contribution in [0.1, 0.15) is 26.3 Å². The standard InChI is InChI=1S/C25H27Cl2N3O5S2/c1-25(2,3)35-24(32)28-18(12-15-8-5-4-6-9-15)22(31)29-23-30(21-16(26)10-7-11-17(21)27)19-13-37(33,34)14-20(19)36-23/h4-11,18-20H,12-14H2,1-3H3,(H,28,32)/t18-,19+,20-/m1/s1. The van der Waals surface area contributed by atoms with Crippen molar-refractivity contribution < 1.29 is 22.7 Å². The molecule has 198 valence electrons. The Morgan fingerprint density at radius 1 is 1.11 bits per heavy atom. The number of nitrogens with one attached hydrogen (secondary N) is 1. The molecule has 12 heteroatoms. The van der Waals surface area contributed by atoms with Crippen molar-refractivity contribution in [2.45, 2.75) is 50.1 Å². The van der Waals surface area contributed by atoms with Crippen LogP contribution in [0.3, 0.4) is 0 Å². The lowest BCUT2D eigenvalue weighted by Crippen LogP contribution is -2.45. The molecule has 2 fully saturated rings. The van der Waals surface area contributed by atoms with E-state index in [9.17, 15) is 18.0 Å². The summed E-state index contributed by atoms with van der Waals surface area (Å²) in [6.45, 7) is 5.19. The summed E-state index contributed by atoms with van der Waals surface area (Å²) in [5.41, 5.74) is 0.470. The Morgan fingerprint density at radius 2 is 1.76 bits per heavy atom. The Labute approximate surface area is 230 Å². The maximum Gasteiger partial charge on any atom is 0.408 e. The molecule has 0 spiro atoms. The topological polar surface area (TPSA) is 105 Å². The summed E-state index contributed by atoms with van der Waals surface area (Å²) in [7, 11) is -3.28. The van der Waals surface area contributed by atoms with Crippen LogP contribution in [0.5, 0.6) is 0 Å². The predicted octanol–water partition coefficient (Wildman–Crippen LogP) is 4.73. The van der Waals surface area contributed by atoms with Gasteiger partial charge in [0.25, 0.3) is 5.91 Å². The Bertz CT molecular complexity index is 1310. The second-order valence-electron chi connectivity index (χ2n) is 9.86. The van der Waals surface area contributed by atoms with Crippen LogP contribution in [0.15, 0.2) is 53.5 Å². The van der Waals surface area contributed by atoms with Gasteiger partial charge in [-0.2, -0.15) is 4.99 Å². The number of halogens is 2. The van der Waals surface area contributed by atoms with Gasteiger partial charge in [-0.25, -0.2) is 13.2 Å². The summed E-state index contributed by atoms with van der Waals surface area (Å²) < 4.78 is 30.1. The van der Waals surface area contributed by atoms with Crippen LogP contribution in [0.4, 0.5) is 10.5 Å². The van der Waals surface area contributed by atoms with E-state index in [1.807, 2.05) is 30.3 Å². The highest BCUT2D eigenvalue weighted by atomic mass is 35.5. The van der Waals surface area contributed by atoms with Gasteiger partial charge in [-0.05, 0) is 38.5 Å². The lowest BCUT2D eigenvalue weighted by molar-refractivity contribution is -0.119. The number of aliphatic imine (C=N–C) groups is 1. The first kappa shape index (κ1) is 27.8. The fourth-order valence-corrected chi connectivity index (χ4v) is 8.70. The molecule has 37 heavy (non-hydrogen) atoms. The maximum absolute atomic E-state index is 13.5. The summed E-state index contributed by atoms with van der Waals surface area (Å²) in [6, 6.07) is 12.7. The van der Waals surface area contributed by atoms with Gasteiger partial charge in [0.15, 0.2) is 15.0 Å². The van der Waals surface area contributed by atoms with Crippen molar-refractivity contribution in [3.05, 3.63) is 64.1 Å². The number of thioether (sulfide) groups is 1. The maximum atomic E-state index is 13.5. The van der Waals surface area contributed by atoms with Gasteiger partial charge >= 0.3 is 6.09 Å². The molecular formula is C25H27Cl2N3O5S2. The zero-order chi connectivity index (χ0) is 27.0. The molecule has 2 aliphatic rings. The number of alkyl carbamates (subject to hydrolysis) is 1. The van der Waals surface area contributed by atoms with Crippen LogP contribution in [-0.2, 0) is 25.8 Å². The third-order valence-electron chi connectivity index (χ3n) is 5.72. The molecule has 2 aliphatic heterocycles. The molecular weight excluding hydrogens is 557 g/mol. The van der Waals surface area contributed by atoms with E-state index in [-0.39, 0.29) is 28.3 Å². The van der Waals surface area contributed by atoms with Crippen molar-refractivity contribution in [3.8, 4) is 0 Å². The van der Waals surface area contributed by atoms with Crippen LogP contribution >= 0.6 is 35.0 Å². The van der Waals surface area contributed by atoms with Crippen LogP contribution < -0.4 is 10.2 Å². The minimum absolute atomic E-state index is 0.0439. The zero-order valence-corrected chi connectivity index (χ0v) is 23.6. The number of sulfone groups is 1. The number of carbonyl (C=O) groups excluding carboxylic acids is 2. The molecule has 3 atom stereocenters. The Kier molecular flexibility index (Phi) is 8.13. The van der Waals surface area contributed by atoms with Crippen molar-refractivity contribution in [1.29, 1.82) is 0 Å². The molecule has 0 unspecified atom stereocenters. The summed E-state index contributed by atoms with van der Waals surface area (Å²) in [6.07, 6.45) is -0.552. The molecule has 4 rings (SSSR count). The van der Waals surface area contributed by atoms with E-state index in [1.54, 1.807) is 43.9 Å². The van der Waals surface area contributed by atoms with Crippen molar-refractivity contribution in [2.75, 3.05) is 16.4 Å². The van der Waals surface area contributed by atoms with Gasteiger partial charge in [0.05, 0.1) is 33.3 Å². The monoisotopic (exact) mass is 583 g/mol. The largest absolute Gasteiger partial charge is 0.444 e. The van der Waals surface area contributed by atoms with Crippen molar-refractivity contribution in [1.82, 2.24) is 5.32 Å². The second-order valence-corrected chi connectivity index (χ2v) is 14.0. The average molecular weight is 585 g/mol. The van der Waals surface area contributed by atoms with E-state index < -0.39 is 39.5 Å². The lowest BCUT2D eigenvalue weighted by atomic mass is 10.1. The molecule has 8 nitrogen and oxygen atoms in total. The smallest absolute Gasteiger partial charge is 0.408 e. The summed E-state index contributed by atoms with van der Waals surface area (Å²) in [5.74, 6) is -0.756. The SMILES string of the molecule is CC(C)(C)OC(=O)N[C@H](Cc1ccccc1)C(=O)N=C1S[C@@H]2CS(=O)(=O)C[C@@H]2N1c1c(Cl)cccc1Cl. The number of anilines is 1. The summed E-state index contributed by atoms with van der Waals surface area (Å²) in [5, 5.41) is 3.21. The Balaban J connectivity index is 1.69. The van der Waals surface area contributed by atoms with Gasteiger partial charge < -0.3 is 15.0 Å². The van der Waals surface area contributed by atoms with Gasteiger partial charge in [-0.3, -0.25) is 4.79 Å². The van der Waals surface area contributed by atoms with Crippen LogP contribution in [-0.4, -0.2) is 60.0 Å². The highest BCUT2D eigenvalue weighted by molar-refractivity contribution is 8.16. The molecule has 0 saturated carbocycles. The lowest BCUT2D eigenvalue weighted by Gasteiger charge is -2.27. The average Bonchev–Trinajstić information content (AvgIpc) is 3.24. The predicted molar refractivity (Wildman–Crippen MR) is 149 cm³/mol.